The van der Waals surface area contributed by atoms with Crippen LogP contribution in [0.3, 0.4) is 0 Å². The molecule has 0 N–H and O–H groups in total. The molecule has 1 aromatic heterocycles. The van der Waals surface area contributed by atoms with Crippen molar-refractivity contribution < 1.29 is 12.8 Å². The summed E-state index contributed by atoms with van der Waals surface area (Å²) in [5.41, 5.74) is 1.19. The van der Waals surface area contributed by atoms with Gasteiger partial charge in [-0.25, -0.2) is 8.42 Å². The second-order valence-electron chi connectivity index (χ2n) is 7.23. The van der Waals surface area contributed by atoms with Gasteiger partial charge in [0.15, 0.2) is 0 Å². The van der Waals surface area contributed by atoms with Crippen molar-refractivity contribution in [1.82, 2.24) is 9.21 Å². The van der Waals surface area contributed by atoms with E-state index in [9.17, 15) is 8.42 Å². The van der Waals surface area contributed by atoms with Gasteiger partial charge in [0.1, 0.15) is 5.76 Å². The number of likely N-dealkylation sites (tertiary alicyclic amines) is 1. The van der Waals surface area contributed by atoms with Crippen LogP contribution in [0, 0.1) is 0 Å². The first kappa shape index (κ1) is 16.8. The zero-order valence-corrected chi connectivity index (χ0v) is 15.3. The maximum absolute atomic E-state index is 12.4. The molecule has 2 aliphatic rings. The van der Waals surface area contributed by atoms with Crippen LogP contribution in [0.1, 0.15) is 24.2 Å². The molecule has 0 unspecified atom stereocenters. The molecule has 2 saturated heterocycles. The molecule has 0 bridgehead atoms. The van der Waals surface area contributed by atoms with Crippen molar-refractivity contribution in [2.45, 2.75) is 30.8 Å². The van der Waals surface area contributed by atoms with Crippen LogP contribution in [0.25, 0.3) is 0 Å². The number of fused-ring (bicyclic) bond motifs is 1. The molecule has 6 heteroatoms. The van der Waals surface area contributed by atoms with Crippen LogP contribution in [-0.4, -0.2) is 49.6 Å². The molecule has 0 aliphatic carbocycles. The van der Waals surface area contributed by atoms with Gasteiger partial charge in [-0.2, -0.15) is 4.31 Å². The van der Waals surface area contributed by atoms with Crippen LogP contribution in [0.15, 0.2) is 53.1 Å². The average Bonchev–Trinajstić information content (AvgIpc) is 3.23. The minimum absolute atomic E-state index is 0.0198. The molecule has 0 saturated carbocycles. The monoisotopic (exact) mass is 360 g/mol. The van der Waals surface area contributed by atoms with E-state index in [1.54, 1.807) is 10.6 Å². The fourth-order valence-corrected chi connectivity index (χ4v) is 5.73. The fourth-order valence-electron chi connectivity index (χ4n) is 4.57. The van der Waals surface area contributed by atoms with E-state index in [4.69, 9.17) is 4.42 Å². The molecular weight excluding hydrogens is 336 g/mol. The molecule has 4 rings (SSSR count). The van der Waals surface area contributed by atoms with Crippen molar-refractivity contribution in [3.8, 4) is 0 Å². The Morgan fingerprint density at radius 2 is 1.88 bits per heavy atom. The van der Waals surface area contributed by atoms with Gasteiger partial charge in [0.2, 0.25) is 10.0 Å². The van der Waals surface area contributed by atoms with Crippen LogP contribution >= 0.6 is 0 Å². The second kappa shape index (κ2) is 6.27. The lowest BCUT2D eigenvalue weighted by Crippen LogP contribution is -2.56. The average molecular weight is 360 g/mol. The Labute approximate surface area is 149 Å². The number of piperidine rings is 1. The minimum Gasteiger partial charge on any atom is -0.468 e. The molecule has 2 fully saturated rings. The van der Waals surface area contributed by atoms with Crippen LogP contribution < -0.4 is 0 Å². The van der Waals surface area contributed by atoms with Crippen molar-refractivity contribution in [3.63, 3.8) is 0 Å². The van der Waals surface area contributed by atoms with Crippen molar-refractivity contribution >= 4 is 10.0 Å². The topological polar surface area (TPSA) is 53.8 Å². The Morgan fingerprint density at radius 3 is 2.56 bits per heavy atom. The first-order valence-corrected chi connectivity index (χ1v) is 10.6. The summed E-state index contributed by atoms with van der Waals surface area (Å²) in [7, 11) is -3.22. The summed E-state index contributed by atoms with van der Waals surface area (Å²) in [5, 5.41) is 0. The predicted octanol–water partition coefficient (Wildman–Crippen LogP) is 2.46. The smallest absolute Gasteiger partial charge is 0.211 e. The number of nitrogens with zero attached hydrogens (tertiary/aromatic N) is 2. The van der Waals surface area contributed by atoms with Gasteiger partial charge in [-0.1, -0.05) is 30.3 Å². The standard InChI is InChI=1S/C19H24N2O3S/c1-25(22,23)21-12-10-19(16-6-3-2-4-7-16)9-11-20(15-18(19)21)14-17-8-5-13-24-17/h2-8,13,18H,9-12,14-15H2,1H3/t18-,19-/m1/s1. The third kappa shape index (κ3) is 3.03. The van der Waals surface area contributed by atoms with Gasteiger partial charge >= 0.3 is 0 Å². The quantitative estimate of drug-likeness (QED) is 0.840. The van der Waals surface area contributed by atoms with Gasteiger partial charge in [-0.15, -0.1) is 0 Å². The fraction of sp³-hybridized carbons (Fsp3) is 0.474. The highest BCUT2D eigenvalue weighted by atomic mass is 32.2. The number of benzene rings is 1. The first-order chi connectivity index (χ1) is 12.0. The second-order valence-corrected chi connectivity index (χ2v) is 9.16. The van der Waals surface area contributed by atoms with Crippen molar-refractivity contribution in [3.05, 3.63) is 60.1 Å². The van der Waals surface area contributed by atoms with E-state index in [0.29, 0.717) is 6.54 Å². The Bertz CT molecular complexity index is 820. The Balaban J connectivity index is 1.66. The molecule has 2 aromatic rings. The van der Waals surface area contributed by atoms with Gasteiger partial charge in [-0.3, -0.25) is 4.90 Å². The van der Waals surface area contributed by atoms with E-state index in [2.05, 4.69) is 29.2 Å². The molecule has 0 radical (unpaired) electrons. The van der Waals surface area contributed by atoms with E-state index in [0.717, 1.165) is 38.2 Å². The van der Waals surface area contributed by atoms with Crippen LogP contribution in [0.2, 0.25) is 0 Å². The molecule has 25 heavy (non-hydrogen) atoms. The molecule has 2 aliphatic heterocycles. The van der Waals surface area contributed by atoms with Crippen LogP contribution in [0.5, 0.6) is 0 Å². The van der Waals surface area contributed by atoms with Crippen molar-refractivity contribution in [2.75, 3.05) is 25.9 Å². The van der Waals surface area contributed by atoms with E-state index < -0.39 is 10.0 Å². The number of sulfonamides is 1. The summed E-state index contributed by atoms with van der Waals surface area (Å²) in [5.74, 6) is 0.927. The number of furan rings is 1. The molecular formula is C19H24N2O3S. The zero-order valence-electron chi connectivity index (χ0n) is 14.5. The third-order valence-corrected chi connectivity index (χ3v) is 7.09. The maximum Gasteiger partial charge on any atom is 0.211 e. The molecule has 2 atom stereocenters. The van der Waals surface area contributed by atoms with Gasteiger partial charge < -0.3 is 4.42 Å². The van der Waals surface area contributed by atoms with E-state index in [1.165, 1.54) is 11.8 Å². The lowest BCUT2D eigenvalue weighted by atomic mass is 9.69. The molecule has 3 heterocycles. The van der Waals surface area contributed by atoms with Gasteiger partial charge in [-0.05, 0) is 37.1 Å². The Kier molecular flexibility index (Phi) is 4.22. The SMILES string of the molecule is CS(=O)(=O)N1CC[C@@]2(c3ccccc3)CCN(Cc3ccco3)C[C@@H]12. The summed E-state index contributed by atoms with van der Waals surface area (Å²) in [6.45, 7) is 3.02. The molecule has 5 nitrogen and oxygen atoms in total. The van der Waals surface area contributed by atoms with E-state index in [-0.39, 0.29) is 11.5 Å². The largest absolute Gasteiger partial charge is 0.468 e. The van der Waals surface area contributed by atoms with E-state index >= 15 is 0 Å². The molecule has 0 amide bonds. The zero-order chi connectivity index (χ0) is 17.5. The highest BCUT2D eigenvalue weighted by molar-refractivity contribution is 7.88. The van der Waals surface area contributed by atoms with Crippen LogP contribution in [-0.2, 0) is 22.0 Å². The van der Waals surface area contributed by atoms with Crippen molar-refractivity contribution in [2.24, 2.45) is 0 Å². The number of hydrogen-bond donors (Lipinski definition) is 0. The summed E-state index contributed by atoms with van der Waals surface area (Å²) >= 11 is 0. The predicted molar refractivity (Wildman–Crippen MR) is 96.7 cm³/mol. The van der Waals surface area contributed by atoms with Gasteiger partial charge in [0.25, 0.3) is 0 Å². The van der Waals surface area contributed by atoms with Crippen molar-refractivity contribution in [1.29, 1.82) is 0 Å². The van der Waals surface area contributed by atoms with Gasteiger partial charge in [0.05, 0.1) is 19.1 Å². The Hall–Kier alpha value is -1.63. The lowest BCUT2D eigenvalue weighted by molar-refractivity contribution is 0.105. The summed E-state index contributed by atoms with van der Waals surface area (Å²) in [6, 6.07) is 14.3. The third-order valence-electron chi connectivity index (χ3n) is 5.80. The Morgan fingerprint density at radius 1 is 1.12 bits per heavy atom. The maximum atomic E-state index is 12.4. The number of hydrogen-bond acceptors (Lipinski definition) is 4. The molecule has 134 valence electrons. The highest BCUT2D eigenvalue weighted by Gasteiger charge is 2.53. The molecule has 1 aromatic carbocycles. The minimum atomic E-state index is -3.22. The van der Waals surface area contributed by atoms with Crippen LogP contribution in [0.4, 0.5) is 0 Å². The van der Waals surface area contributed by atoms with Gasteiger partial charge in [0, 0.05) is 24.5 Å². The number of rotatable bonds is 4. The lowest BCUT2D eigenvalue weighted by Gasteiger charge is -2.46. The first-order valence-electron chi connectivity index (χ1n) is 8.76. The summed E-state index contributed by atoms with van der Waals surface area (Å²) in [4.78, 5) is 2.31. The summed E-state index contributed by atoms with van der Waals surface area (Å²) in [6.07, 6.45) is 4.88. The highest BCUT2D eigenvalue weighted by Crippen LogP contribution is 2.46. The summed E-state index contributed by atoms with van der Waals surface area (Å²) < 4.78 is 31.9. The molecule has 0 spiro atoms. The van der Waals surface area contributed by atoms with E-state index in [1.807, 2.05) is 18.2 Å². The normalized spacial score (nSPS) is 28.1.